The van der Waals surface area contributed by atoms with E-state index in [0.717, 1.165) is 22.3 Å². The van der Waals surface area contributed by atoms with Gasteiger partial charge in [0.2, 0.25) is 0 Å². The molecule has 0 saturated heterocycles. The van der Waals surface area contributed by atoms with Gasteiger partial charge in [-0.25, -0.2) is 0 Å². The molecule has 76 valence electrons. The Kier molecular flexibility index (Phi) is 2.89. The summed E-state index contributed by atoms with van der Waals surface area (Å²) in [5.41, 5.74) is 2.73. The van der Waals surface area contributed by atoms with Crippen LogP contribution in [0.25, 0.3) is 10.4 Å². The van der Waals surface area contributed by atoms with E-state index in [9.17, 15) is 4.79 Å². The van der Waals surface area contributed by atoms with E-state index in [1.54, 1.807) is 11.3 Å². The minimum absolute atomic E-state index is 0.685. The Labute approximate surface area is 97.3 Å². The minimum Gasteiger partial charge on any atom is -0.298 e. The van der Waals surface area contributed by atoms with Crippen molar-refractivity contribution in [1.29, 1.82) is 0 Å². The zero-order valence-corrected chi connectivity index (χ0v) is 9.73. The number of thiophene rings is 1. The molecule has 0 aliphatic heterocycles. The molecule has 2 rings (SSSR count). The van der Waals surface area contributed by atoms with E-state index in [-0.39, 0.29) is 0 Å². The Balaban J connectivity index is 2.65. The molecule has 0 radical (unpaired) electrons. The Morgan fingerprint density at radius 1 is 1.33 bits per heavy atom. The fourth-order valence-corrected chi connectivity index (χ4v) is 2.65. The quantitative estimate of drug-likeness (QED) is 0.715. The fraction of sp³-hybridized carbons (Fsp3) is 0.0833. The van der Waals surface area contributed by atoms with Crippen LogP contribution in [0.3, 0.4) is 0 Å². The van der Waals surface area contributed by atoms with Crippen molar-refractivity contribution in [3.8, 4) is 10.4 Å². The molecule has 1 heterocycles. The first-order valence-electron chi connectivity index (χ1n) is 4.51. The summed E-state index contributed by atoms with van der Waals surface area (Å²) in [6.45, 7) is 2.00. The molecule has 0 N–H and O–H groups in total. The zero-order valence-electron chi connectivity index (χ0n) is 8.16. The van der Waals surface area contributed by atoms with E-state index in [1.165, 1.54) is 0 Å². The standard InChI is InChI=1S/C12H9ClOS/c1-8-2-3-9(7-14)10(6-8)12-11(13)4-5-15-12/h2-7H,1H3. The third-order valence-electron chi connectivity index (χ3n) is 2.20. The molecular formula is C12H9ClOS. The van der Waals surface area contributed by atoms with Crippen LogP contribution in [-0.4, -0.2) is 6.29 Å². The van der Waals surface area contributed by atoms with E-state index < -0.39 is 0 Å². The smallest absolute Gasteiger partial charge is 0.150 e. The van der Waals surface area contributed by atoms with Crippen molar-refractivity contribution in [2.45, 2.75) is 6.92 Å². The number of aryl methyl sites for hydroxylation is 1. The monoisotopic (exact) mass is 236 g/mol. The molecule has 1 aromatic heterocycles. The third-order valence-corrected chi connectivity index (χ3v) is 3.57. The molecule has 0 saturated carbocycles. The van der Waals surface area contributed by atoms with Crippen molar-refractivity contribution >= 4 is 29.2 Å². The predicted octanol–water partition coefficient (Wildman–Crippen LogP) is 4.19. The summed E-state index contributed by atoms with van der Waals surface area (Å²) < 4.78 is 0. The molecule has 0 amide bonds. The highest BCUT2D eigenvalue weighted by molar-refractivity contribution is 7.14. The van der Waals surface area contributed by atoms with Gasteiger partial charge < -0.3 is 0 Å². The predicted molar refractivity (Wildman–Crippen MR) is 64.9 cm³/mol. The number of aldehydes is 1. The fourth-order valence-electron chi connectivity index (χ4n) is 1.46. The van der Waals surface area contributed by atoms with Crippen LogP contribution in [-0.2, 0) is 0 Å². The largest absolute Gasteiger partial charge is 0.298 e. The molecule has 15 heavy (non-hydrogen) atoms. The van der Waals surface area contributed by atoms with Gasteiger partial charge in [0.15, 0.2) is 6.29 Å². The molecule has 1 nitrogen and oxygen atoms in total. The lowest BCUT2D eigenvalue weighted by Crippen LogP contribution is -1.87. The van der Waals surface area contributed by atoms with Crippen LogP contribution in [0.4, 0.5) is 0 Å². The highest BCUT2D eigenvalue weighted by Crippen LogP contribution is 2.35. The van der Waals surface area contributed by atoms with Crippen molar-refractivity contribution in [2.75, 3.05) is 0 Å². The number of benzene rings is 1. The Morgan fingerprint density at radius 3 is 2.73 bits per heavy atom. The van der Waals surface area contributed by atoms with Gasteiger partial charge in [-0.1, -0.05) is 29.3 Å². The summed E-state index contributed by atoms with van der Waals surface area (Å²) in [5, 5.41) is 2.63. The average Bonchev–Trinajstić information content (AvgIpc) is 2.64. The third kappa shape index (κ3) is 1.96. The first kappa shape index (κ1) is 10.4. The zero-order chi connectivity index (χ0) is 10.8. The van der Waals surface area contributed by atoms with Gasteiger partial charge in [-0.15, -0.1) is 11.3 Å². The number of carbonyl (C=O) groups excluding carboxylic acids is 1. The van der Waals surface area contributed by atoms with Crippen molar-refractivity contribution in [2.24, 2.45) is 0 Å². The van der Waals surface area contributed by atoms with Gasteiger partial charge in [0, 0.05) is 11.1 Å². The van der Waals surface area contributed by atoms with Crippen molar-refractivity contribution in [1.82, 2.24) is 0 Å². The van der Waals surface area contributed by atoms with Gasteiger partial charge >= 0.3 is 0 Å². The van der Waals surface area contributed by atoms with Crippen LogP contribution in [0.1, 0.15) is 15.9 Å². The van der Waals surface area contributed by atoms with Gasteiger partial charge in [0.05, 0.1) is 9.90 Å². The summed E-state index contributed by atoms with van der Waals surface area (Å²) in [7, 11) is 0. The molecule has 0 spiro atoms. The molecule has 0 atom stereocenters. The minimum atomic E-state index is 0.685. The van der Waals surface area contributed by atoms with E-state index in [0.29, 0.717) is 10.6 Å². The van der Waals surface area contributed by atoms with E-state index >= 15 is 0 Å². The number of rotatable bonds is 2. The lowest BCUT2D eigenvalue weighted by Gasteiger charge is -2.04. The first-order chi connectivity index (χ1) is 7.22. The summed E-state index contributed by atoms with van der Waals surface area (Å²) in [4.78, 5) is 11.9. The Hall–Kier alpha value is -1.12. The number of halogens is 1. The maximum Gasteiger partial charge on any atom is 0.150 e. The van der Waals surface area contributed by atoms with Gasteiger partial charge in [-0.3, -0.25) is 4.79 Å². The number of hydrogen-bond donors (Lipinski definition) is 0. The van der Waals surface area contributed by atoms with Crippen LogP contribution in [0, 0.1) is 6.92 Å². The normalized spacial score (nSPS) is 10.3. The topological polar surface area (TPSA) is 17.1 Å². The maximum absolute atomic E-state index is 10.9. The van der Waals surface area contributed by atoms with Crippen molar-refractivity contribution in [3.05, 3.63) is 45.8 Å². The first-order valence-corrected chi connectivity index (χ1v) is 5.77. The van der Waals surface area contributed by atoms with Gasteiger partial charge in [0.1, 0.15) is 0 Å². The molecule has 0 unspecified atom stereocenters. The van der Waals surface area contributed by atoms with Crippen LogP contribution >= 0.6 is 22.9 Å². The second-order valence-corrected chi connectivity index (χ2v) is 4.63. The Bertz CT molecular complexity index is 502. The number of carbonyl (C=O) groups is 1. The summed E-state index contributed by atoms with van der Waals surface area (Å²) in [5.74, 6) is 0. The maximum atomic E-state index is 10.9. The van der Waals surface area contributed by atoms with Crippen LogP contribution in [0.5, 0.6) is 0 Å². The van der Waals surface area contributed by atoms with Crippen LogP contribution in [0.2, 0.25) is 5.02 Å². The Morgan fingerprint density at radius 2 is 2.13 bits per heavy atom. The molecule has 3 heteroatoms. The second kappa shape index (κ2) is 4.17. The van der Waals surface area contributed by atoms with E-state index in [1.807, 2.05) is 36.6 Å². The lowest BCUT2D eigenvalue weighted by atomic mass is 10.0. The second-order valence-electron chi connectivity index (χ2n) is 3.31. The van der Waals surface area contributed by atoms with E-state index in [4.69, 9.17) is 11.6 Å². The molecule has 0 bridgehead atoms. The molecule has 0 aliphatic rings. The molecule has 0 aliphatic carbocycles. The summed E-state index contributed by atoms with van der Waals surface area (Å²) >= 11 is 7.60. The summed E-state index contributed by atoms with van der Waals surface area (Å²) in [6.07, 6.45) is 0.866. The van der Waals surface area contributed by atoms with Crippen LogP contribution in [0.15, 0.2) is 29.6 Å². The van der Waals surface area contributed by atoms with Crippen LogP contribution < -0.4 is 0 Å². The molecule has 0 fully saturated rings. The van der Waals surface area contributed by atoms with Gasteiger partial charge in [-0.05, 0) is 24.4 Å². The van der Waals surface area contributed by atoms with Gasteiger partial charge in [0.25, 0.3) is 0 Å². The van der Waals surface area contributed by atoms with E-state index in [2.05, 4.69) is 0 Å². The van der Waals surface area contributed by atoms with Crippen molar-refractivity contribution in [3.63, 3.8) is 0 Å². The average molecular weight is 237 g/mol. The number of hydrogen-bond acceptors (Lipinski definition) is 2. The lowest BCUT2D eigenvalue weighted by molar-refractivity contribution is 0.112. The highest BCUT2D eigenvalue weighted by atomic mass is 35.5. The highest BCUT2D eigenvalue weighted by Gasteiger charge is 2.09. The molecular weight excluding hydrogens is 228 g/mol. The summed E-state index contributed by atoms with van der Waals surface area (Å²) in [6, 6.07) is 7.59. The van der Waals surface area contributed by atoms with Crippen molar-refractivity contribution < 1.29 is 4.79 Å². The van der Waals surface area contributed by atoms with Gasteiger partial charge in [-0.2, -0.15) is 0 Å². The molecule has 2 aromatic rings. The SMILES string of the molecule is Cc1ccc(C=O)c(-c2sccc2Cl)c1. The molecule has 1 aromatic carbocycles.